The lowest BCUT2D eigenvalue weighted by Crippen LogP contribution is -2.51. The number of hydrogen-bond acceptors (Lipinski definition) is 1. The fraction of sp³-hybridized carbons (Fsp3) is 1.00. The van der Waals surface area contributed by atoms with E-state index in [1.54, 1.807) is 0 Å². The number of nitrogens with two attached hydrogens (primary N) is 1. The summed E-state index contributed by atoms with van der Waals surface area (Å²) in [6, 6.07) is 0. The molecule has 0 atom stereocenters. The summed E-state index contributed by atoms with van der Waals surface area (Å²) in [5.41, 5.74) is 4.79. The Labute approximate surface area is 48.1 Å². The van der Waals surface area contributed by atoms with E-state index in [4.69, 9.17) is 5.73 Å². The van der Waals surface area contributed by atoms with Crippen LogP contribution in [0.5, 0.6) is 0 Å². The third-order valence-corrected chi connectivity index (χ3v) is 2.41. The van der Waals surface area contributed by atoms with Crippen molar-refractivity contribution in [2.75, 3.05) is 0 Å². The van der Waals surface area contributed by atoms with Gasteiger partial charge < -0.3 is 5.73 Å². The molecule has 0 spiro atoms. The van der Waals surface area contributed by atoms with Gasteiger partial charge in [0, 0.05) is 5.54 Å². The normalized spacial score (nSPS) is 60.8. The van der Waals surface area contributed by atoms with Gasteiger partial charge in [-0.2, -0.15) is 0 Å². The van der Waals surface area contributed by atoms with Crippen molar-refractivity contribution in [3.8, 4) is 0 Å². The molecule has 3 fully saturated rings. The van der Waals surface area contributed by atoms with Gasteiger partial charge in [0.05, 0.1) is 0 Å². The Balaban J connectivity index is 2.22. The largest absolute Gasteiger partial charge is 0.325 e. The Morgan fingerprint density at radius 1 is 1.25 bits per heavy atom. The maximum Gasteiger partial charge on any atom is 0.114 e. The maximum atomic E-state index is 12.8. The Morgan fingerprint density at radius 3 is 2.00 bits per heavy atom. The molecule has 0 saturated heterocycles. The van der Waals surface area contributed by atoms with Gasteiger partial charge in [-0.3, -0.25) is 0 Å². The summed E-state index contributed by atoms with van der Waals surface area (Å²) in [6.07, 6.45) is 2.87. The summed E-state index contributed by atoms with van der Waals surface area (Å²) in [4.78, 5) is 0. The summed E-state index contributed by atoms with van der Waals surface area (Å²) in [5, 5.41) is 0. The maximum absolute atomic E-state index is 12.8. The minimum Gasteiger partial charge on any atom is -0.325 e. The predicted molar refractivity (Wildman–Crippen MR) is 29.2 cm³/mol. The molecule has 0 radical (unpaired) electrons. The minimum atomic E-state index is -0.825. The Kier molecular flexibility index (Phi) is 0.561. The first-order chi connectivity index (χ1) is 3.62. The lowest BCUT2D eigenvalue weighted by Gasteiger charge is -2.38. The number of halogens is 1. The minimum absolute atomic E-state index is 0.0747. The summed E-state index contributed by atoms with van der Waals surface area (Å²) < 4.78 is 12.8. The van der Waals surface area contributed by atoms with Gasteiger partial charge in [0.15, 0.2) is 0 Å². The zero-order valence-corrected chi connectivity index (χ0v) is 4.78. The van der Waals surface area contributed by atoms with E-state index in [9.17, 15) is 4.39 Å². The molecular formula is C6H10FN. The highest BCUT2D eigenvalue weighted by Gasteiger charge is 2.59. The molecule has 1 nitrogen and oxygen atoms in total. The molecule has 8 heavy (non-hydrogen) atoms. The highest BCUT2D eigenvalue weighted by molar-refractivity contribution is 5.15. The molecule has 0 heterocycles. The van der Waals surface area contributed by atoms with Gasteiger partial charge in [-0.1, -0.05) is 0 Å². The molecule has 3 rings (SSSR count). The van der Waals surface area contributed by atoms with Crippen LogP contribution in [-0.2, 0) is 0 Å². The molecule has 46 valence electrons. The van der Waals surface area contributed by atoms with E-state index in [1.807, 2.05) is 0 Å². The van der Waals surface area contributed by atoms with Crippen molar-refractivity contribution in [3.05, 3.63) is 0 Å². The molecule has 3 aliphatic carbocycles. The summed E-state index contributed by atoms with van der Waals surface area (Å²) >= 11 is 0. The van der Waals surface area contributed by atoms with E-state index in [1.165, 1.54) is 0 Å². The molecule has 2 heteroatoms. The second-order valence-electron chi connectivity index (χ2n) is 3.37. The number of alkyl halides is 1. The third-order valence-electron chi connectivity index (χ3n) is 2.41. The first kappa shape index (κ1) is 4.74. The van der Waals surface area contributed by atoms with Crippen LogP contribution < -0.4 is 5.73 Å². The van der Waals surface area contributed by atoms with Crippen molar-refractivity contribution in [1.29, 1.82) is 0 Å². The van der Waals surface area contributed by atoms with Crippen molar-refractivity contribution >= 4 is 0 Å². The average Bonchev–Trinajstić information content (AvgIpc) is 1.88. The monoisotopic (exact) mass is 115 g/mol. The topological polar surface area (TPSA) is 26.0 Å². The van der Waals surface area contributed by atoms with Crippen molar-refractivity contribution in [2.24, 2.45) is 5.73 Å². The van der Waals surface area contributed by atoms with Crippen LogP contribution in [0.4, 0.5) is 4.39 Å². The second-order valence-corrected chi connectivity index (χ2v) is 3.37. The van der Waals surface area contributed by atoms with Crippen LogP contribution in [0.15, 0.2) is 0 Å². The lowest BCUT2D eigenvalue weighted by molar-refractivity contribution is 0.0578. The Bertz CT molecular complexity index is 112. The van der Waals surface area contributed by atoms with Gasteiger partial charge in [0.2, 0.25) is 0 Å². The van der Waals surface area contributed by atoms with Crippen molar-refractivity contribution in [1.82, 2.24) is 0 Å². The van der Waals surface area contributed by atoms with Crippen molar-refractivity contribution < 1.29 is 4.39 Å². The van der Waals surface area contributed by atoms with Gasteiger partial charge in [0.25, 0.3) is 0 Å². The molecule has 0 amide bonds. The van der Waals surface area contributed by atoms with Crippen molar-refractivity contribution in [3.63, 3.8) is 0 Å². The second kappa shape index (κ2) is 0.947. The number of rotatable bonds is 0. The van der Waals surface area contributed by atoms with Crippen LogP contribution in [-0.4, -0.2) is 11.2 Å². The van der Waals surface area contributed by atoms with E-state index in [-0.39, 0.29) is 5.54 Å². The zero-order chi connectivity index (χ0) is 5.83. The Morgan fingerprint density at radius 2 is 1.88 bits per heavy atom. The van der Waals surface area contributed by atoms with Gasteiger partial charge in [-0.25, -0.2) is 4.39 Å². The first-order valence-corrected chi connectivity index (χ1v) is 3.10. The molecular weight excluding hydrogens is 105 g/mol. The van der Waals surface area contributed by atoms with E-state index >= 15 is 0 Å². The molecule has 3 saturated carbocycles. The highest BCUT2D eigenvalue weighted by Crippen LogP contribution is 2.55. The Hall–Kier alpha value is -0.110. The van der Waals surface area contributed by atoms with Gasteiger partial charge in [0.1, 0.15) is 5.67 Å². The summed E-state index contributed by atoms with van der Waals surface area (Å²) in [5.74, 6) is 0. The smallest absolute Gasteiger partial charge is 0.114 e. The van der Waals surface area contributed by atoms with Crippen LogP contribution in [0.1, 0.15) is 25.7 Å². The molecule has 2 bridgehead atoms. The molecule has 0 unspecified atom stereocenters. The van der Waals surface area contributed by atoms with Crippen LogP contribution in [0.2, 0.25) is 0 Å². The van der Waals surface area contributed by atoms with Crippen molar-refractivity contribution in [2.45, 2.75) is 36.9 Å². The van der Waals surface area contributed by atoms with Gasteiger partial charge in [-0.05, 0) is 25.7 Å². The molecule has 0 aromatic carbocycles. The lowest BCUT2D eigenvalue weighted by atomic mass is 9.76. The van der Waals surface area contributed by atoms with Crippen LogP contribution in [0.3, 0.4) is 0 Å². The standard InChI is InChI=1S/C6H10FN/c7-5-1-2-6(8,3-5)4-5/h1-4,8H2. The molecule has 2 N–H and O–H groups in total. The van der Waals surface area contributed by atoms with E-state index < -0.39 is 5.67 Å². The fourth-order valence-electron chi connectivity index (χ4n) is 2.04. The highest BCUT2D eigenvalue weighted by atomic mass is 19.1. The van der Waals surface area contributed by atoms with Gasteiger partial charge in [-0.15, -0.1) is 0 Å². The molecule has 3 aliphatic rings. The van der Waals surface area contributed by atoms with E-state index in [2.05, 4.69) is 0 Å². The number of fused-ring (bicyclic) bond motifs is 1. The zero-order valence-electron chi connectivity index (χ0n) is 4.78. The SMILES string of the molecule is NC12CCC(F)(C1)C2. The molecule has 0 aromatic rings. The third kappa shape index (κ3) is 0.395. The average molecular weight is 115 g/mol. The first-order valence-electron chi connectivity index (χ1n) is 3.10. The summed E-state index contributed by atoms with van der Waals surface area (Å²) in [7, 11) is 0. The molecule has 0 aliphatic heterocycles. The molecule has 0 aromatic heterocycles. The number of hydrogen-bond donors (Lipinski definition) is 1. The quantitative estimate of drug-likeness (QED) is 0.500. The predicted octanol–water partition coefficient (Wildman–Crippen LogP) is 0.980. The van der Waals surface area contributed by atoms with Crippen LogP contribution in [0.25, 0.3) is 0 Å². The fourth-order valence-corrected chi connectivity index (χ4v) is 2.04. The van der Waals surface area contributed by atoms with Gasteiger partial charge >= 0.3 is 0 Å². The van der Waals surface area contributed by atoms with Crippen LogP contribution >= 0.6 is 0 Å². The van der Waals surface area contributed by atoms with E-state index in [0.29, 0.717) is 19.3 Å². The summed E-state index contributed by atoms with van der Waals surface area (Å²) in [6.45, 7) is 0. The van der Waals surface area contributed by atoms with Crippen LogP contribution in [0, 0.1) is 0 Å². The van der Waals surface area contributed by atoms with E-state index in [0.717, 1.165) is 6.42 Å².